The van der Waals surface area contributed by atoms with E-state index in [0.717, 1.165) is 0 Å². The number of hydrogen-bond donors (Lipinski definition) is 4. The zero-order valence-electron chi connectivity index (χ0n) is 3.24. The van der Waals surface area contributed by atoms with Gasteiger partial charge in [-0.25, -0.2) is 4.79 Å². The van der Waals surface area contributed by atoms with Crippen LogP contribution < -0.4 is 5.73 Å². The van der Waals surface area contributed by atoms with Crippen molar-refractivity contribution < 1.29 is 19.0 Å². The van der Waals surface area contributed by atoms with Crippen molar-refractivity contribution in [2.75, 3.05) is 0 Å². The Hall–Kier alpha value is -0.460. The number of hydrogen-bond acceptors (Lipinski definition) is 4. The quantitative estimate of drug-likeness (QED) is 0.350. The third kappa shape index (κ3) is 328. The summed E-state index contributed by atoms with van der Waals surface area (Å²) in [7, 11) is 0. The Balaban J connectivity index is 0. The van der Waals surface area contributed by atoms with Gasteiger partial charge in [0.25, 0.3) is 0 Å². The van der Waals surface area contributed by atoms with Crippen molar-refractivity contribution in [2.45, 2.75) is 0 Å². The van der Waals surface area contributed by atoms with Gasteiger partial charge in [0.05, 0.1) is 0 Å². The lowest BCUT2D eigenvalue weighted by Crippen LogP contribution is -2.03. The molecule has 7 heavy (non-hydrogen) atoms. The number of primary amides is 1. The number of carboxylic acid groups (broad SMARTS) is 1. The molecule has 0 aromatic carbocycles. The molecule has 0 unspecified atom stereocenters. The predicted molar refractivity (Wildman–Crippen MR) is 25.1 cm³/mol. The average Bonchev–Trinajstić information content (AvgIpc) is 1.33. The first kappa shape index (κ1) is 9.74. The normalized spacial score (nSPS) is 6.00. The number of nitrogens with two attached hydrogens (primary N) is 1. The molecule has 0 atom stereocenters. The molecule has 0 saturated carbocycles. The Morgan fingerprint density at radius 1 is 1.57 bits per heavy atom. The van der Waals surface area contributed by atoms with E-state index in [-0.39, 0.29) is 12.3 Å². The van der Waals surface area contributed by atoms with E-state index in [4.69, 9.17) is 19.0 Å². The first-order valence-electron chi connectivity index (χ1n) is 1.08. The highest BCUT2D eigenvalue weighted by Gasteiger charge is 1.65. The van der Waals surface area contributed by atoms with E-state index >= 15 is 0 Å². The second-order valence-corrected chi connectivity index (χ2v) is 0.583. The van der Waals surface area contributed by atoms with Crippen LogP contribution in [0.3, 0.4) is 0 Å². The van der Waals surface area contributed by atoms with Crippen LogP contribution in [-0.4, -0.2) is 20.3 Å². The average molecular weight is 127 g/mol. The summed E-state index contributed by atoms with van der Waals surface area (Å²) in [4.78, 5) is 8.78. The highest BCUT2D eigenvalue weighted by Crippen LogP contribution is 1.67. The summed E-state index contributed by atoms with van der Waals surface area (Å²) < 4.78 is 14.1. The molecule has 0 fully saturated rings. The standard InChI is InChI=1S/CH3NO2.H2O2S/c2-1(3)4;1-3-2/h2H2,(H,3,4);1-2H. The van der Waals surface area contributed by atoms with Crippen LogP contribution in [0, 0.1) is 0 Å². The second kappa shape index (κ2) is 9.11. The third-order valence-corrected chi connectivity index (χ3v) is 0. The van der Waals surface area contributed by atoms with Gasteiger partial charge in [-0.3, -0.25) is 0 Å². The van der Waals surface area contributed by atoms with E-state index in [1.165, 1.54) is 0 Å². The molecule has 0 saturated heterocycles. The zero-order valence-corrected chi connectivity index (χ0v) is 4.05. The minimum atomic E-state index is -1.33. The van der Waals surface area contributed by atoms with Crippen LogP contribution in [0.2, 0.25) is 0 Å². The monoisotopic (exact) mass is 127 g/mol. The first-order chi connectivity index (χ1) is 3.15. The molecule has 0 rings (SSSR count). The van der Waals surface area contributed by atoms with Gasteiger partial charge >= 0.3 is 6.09 Å². The summed E-state index contributed by atoms with van der Waals surface area (Å²) >= 11 is -0.250. The molecule has 0 aliphatic heterocycles. The Morgan fingerprint density at radius 3 is 1.57 bits per heavy atom. The van der Waals surface area contributed by atoms with Gasteiger partial charge in [0.2, 0.25) is 0 Å². The van der Waals surface area contributed by atoms with Crippen molar-refractivity contribution in [3.63, 3.8) is 0 Å². The van der Waals surface area contributed by atoms with Crippen LogP contribution in [0.25, 0.3) is 0 Å². The van der Waals surface area contributed by atoms with E-state index in [1.54, 1.807) is 0 Å². The maximum absolute atomic E-state index is 8.78. The van der Waals surface area contributed by atoms with Crippen molar-refractivity contribution >= 4 is 18.4 Å². The Kier molecular flexibility index (Phi) is 12.7. The summed E-state index contributed by atoms with van der Waals surface area (Å²) in [6.07, 6.45) is -1.33. The summed E-state index contributed by atoms with van der Waals surface area (Å²) in [5, 5.41) is 7.19. The van der Waals surface area contributed by atoms with Gasteiger partial charge in [0.15, 0.2) is 12.3 Å². The van der Waals surface area contributed by atoms with Crippen molar-refractivity contribution in [3.05, 3.63) is 0 Å². The maximum atomic E-state index is 8.78. The third-order valence-electron chi connectivity index (χ3n) is 0. The predicted octanol–water partition coefficient (Wildman–Crippen LogP) is 0.289. The Bertz CT molecular complexity index is 43.0. The van der Waals surface area contributed by atoms with Crippen LogP contribution in [0.1, 0.15) is 0 Å². The molecule has 0 heterocycles. The first-order valence-corrected chi connectivity index (χ1v) is 1.81. The minimum Gasteiger partial charge on any atom is -0.465 e. The van der Waals surface area contributed by atoms with Gasteiger partial charge < -0.3 is 19.9 Å². The molecule has 5 N–H and O–H groups in total. The molecule has 0 aromatic heterocycles. The Labute approximate surface area is 44.2 Å². The van der Waals surface area contributed by atoms with Crippen molar-refractivity contribution in [3.8, 4) is 0 Å². The highest BCUT2D eigenvalue weighted by atomic mass is 32.2. The molecule has 0 spiro atoms. The van der Waals surface area contributed by atoms with E-state index < -0.39 is 6.09 Å². The molecule has 0 radical (unpaired) electrons. The van der Waals surface area contributed by atoms with Crippen LogP contribution in [0.4, 0.5) is 4.79 Å². The zero-order chi connectivity index (χ0) is 6.28. The fraction of sp³-hybridized carbons (Fsp3) is 0. The molecule has 1 amide bonds. The molecule has 5 nitrogen and oxygen atoms in total. The van der Waals surface area contributed by atoms with Gasteiger partial charge in [-0.2, -0.15) is 0 Å². The smallest absolute Gasteiger partial charge is 0.402 e. The van der Waals surface area contributed by atoms with Gasteiger partial charge in [0, 0.05) is 0 Å². The molecular formula is CH5NO4S. The van der Waals surface area contributed by atoms with E-state index in [2.05, 4.69) is 5.73 Å². The maximum Gasteiger partial charge on any atom is 0.402 e. The van der Waals surface area contributed by atoms with Gasteiger partial charge in [-0.1, -0.05) is 0 Å². The topological polar surface area (TPSA) is 104 Å². The molecule has 0 bridgehead atoms. The molecule has 0 aliphatic rings. The Morgan fingerprint density at radius 2 is 1.57 bits per heavy atom. The van der Waals surface area contributed by atoms with E-state index in [1.807, 2.05) is 0 Å². The number of carbonyl (C=O) groups is 1. The highest BCUT2D eigenvalue weighted by molar-refractivity contribution is 7.87. The number of rotatable bonds is 0. The lowest BCUT2D eigenvalue weighted by Gasteiger charge is -1.61. The van der Waals surface area contributed by atoms with Gasteiger partial charge in [-0.15, -0.1) is 0 Å². The largest absolute Gasteiger partial charge is 0.465 e. The summed E-state index contributed by atoms with van der Waals surface area (Å²) in [6.45, 7) is 0. The molecule has 0 aromatic rings. The SMILES string of the molecule is NC(=O)O.OSO. The summed E-state index contributed by atoms with van der Waals surface area (Å²) in [5.74, 6) is 0. The number of amides is 1. The van der Waals surface area contributed by atoms with Crippen LogP contribution in [0.15, 0.2) is 0 Å². The summed E-state index contributed by atoms with van der Waals surface area (Å²) in [6, 6.07) is 0. The molecule has 44 valence electrons. The molecule has 6 heteroatoms. The van der Waals surface area contributed by atoms with Crippen molar-refractivity contribution in [1.82, 2.24) is 0 Å². The van der Waals surface area contributed by atoms with Crippen molar-refractivity contribution in [2.24, 2.45) is 5.73 Å². The van der Waals surface area contributed by atoms with E-state index in [0.29, 0.717) is 0 Å². The van der Waals surface area contributed by atoms with Crippen LogP contribution in [0.5, 0.6) is 0 Å². The van der Waals surface area contributed by atoms with E-state index in [9.17, 15) is 0 Å². The van der Waals surface area contributed by atoms with Crippen molar-refractivity contribution in [1.29, 1.82) is 0 Å². The minimum absolute atomic E-state index is 0.250. The molecule has 0 aliphatic carbocycles. The summed E-state index contributed by atoms with van der Waals surface area (Å²) in [5.41, 5.74) is 4.03. The van der Waals surface area contributed by atoms with Crippen LogP contribution >= 0.6 is 12.3 Å². The lowest BCUT2D eigenvalue weighted by molar-refractivity contribution is 0.205. The van der Waals surface area contributed by atoms with Crippen LogP contribution in [-0.2, 0) is 0 Å². The fourth-order valence-electron chi connectivity index (χ4n) is 0. The fourth-order valence-corrected chi connectivity index (χ4v) is 0. The second-order valence-electron chi connectivity index (χ2n) is 0.420. The van der Waals surface area contributed by atoms with Gasteiger partial charge in [-0.05, 0) is 0 Å². The molecular weight excluding hydrogens is 122 g/mol. The van der Waals surface area contributed by atoms with Gasteiger partial charge in [0.1, 0.15) is 0 Å². The lowest BCUT2D eigenvalue weighted by atomic mass is 11.3.